The summed E-state index contributed by atoms with van der Waals surface area (Å²) in [6, 6.07) is -1.62. The molecule has 0 aromatic heterocycles. The molecule has 0 rings (SSSR count). The van der Waals surface area contributed by atoms with Gasteiger partial charge in [0.15, 0.2) is 0 Å². The van der Waals surface area contributed by atoms with Gasteiger partial charge in [0, 0.05) is 12.1 Å². The molecular weight excluding hydrogens is 274 g/mol. The van der Waals surface area contributed by atoms with E-state index in [4.69, 9.17) is 5.11 Å². The first-order valence-electron chi connectivity index (χ1n) is 5.73. The summed E-state index contributed by atoms with van der Waals surface area (Å²) in [5.41, 5.74) is -0.865. The van der Waals surface area contributed by atoms with Crippen LogP contribution in [0.2, 0.25) is 0 Å². The molecule has 0 spiro atoms. The second-order valence-electron chi connectivity index (χ2n) is 4.88. The highest BCUT2D eigenvalue weighted by atomic mass is 32.2. The third-order valence-electron chi connectivity index (χ3n) is 2.16. The number of aliphatic carboxylic acids is 1. The van der Waals surface area contributed by atoms with Gasteiger partial charge in [-0.15, -0.1) is 0 Å². The molecule has 0 aliphatic carbocycles. The van der Waals surface area contributed by atoms with Crippen LogP contribution in [0.4, 0.5) is 4.79 Å². The second-order valence-corrected chi connectivity index (χ2v) is 6.63. The van der Waals surface area contributed by atoms with E-state index in [-0.39, 0.29) is 13.0 Å². The van der Waals surface area contributed by atoms with Crippen LogP contribution >= 0.6 is 0 Å². The Labute approximate surface area is 113 Å². The summed E-state index contributed by atoms with van der Waals surface area (Å²) in [7, 11) is -3.39. The van der Waals surface area contributed by atoms with Crippen molar-refractivity contribution in [2.24, 2.45) is 0 Å². The third-order valence-corrected chi connectivity index (χ3v) is 3.09. The molecule has 0 radical (unpaired) electrons. The lowest BCUT2D eigenvalue weighted by Gasteiger charge is -2.25. The highest BCUT2D eigenvalue weighted by molar-refractivity contribution is 7.88. The molecule has 0 unspecified atom stereocenters. The van der Waals surface area contributed by atoms with Crippen LogP contribution in [0.1, 0.15) is 27.2 Å². The Kier molecular flexibility index (Phi) is 6.23. The molecule has 0 aliphatic rings. The molecule has 19 heavy (non-hydrogen) atoms. The number of carbonyl (C=O) groups excluding carboxylic acids is 1. The Bertz CT molecular complexity index is 432. The first-order valence-corrected chi connectivity index (χ1v) is 7.62. The van der Waals surface area contributed by atoms with Gasteiger partial charge in [-0.1, -0.05) is 6.92 Å². The smallest absolute Gasteiger partial charge is 0.326 e. The van der Waals surface area contributed by atoms with Gasteiger partial charge in [0.05, 0.1) is 6.26 Å². The fourth-order valence-corrected chi connectivity index (χ4v) is 2.46. The van der Waals surface area contributed by atoms with E-state index >= 15 is 0 Å². The SMILES string of the molecule is CC[C@@H](NC(=O)NCC(C)(C)NS(C)(=O)=O)C(=O)O. The van der Waals surface area contributed by atoms with Crippen molar-refractivity contribution in [1.29, 1.82) is 0 Å². The minimum atomic E-state index is -3.39. The minimum Gasteiger partial charge on any atom is -0.480 e. The van der Waals surface area contributed by atoms with Crippen molar-refractivity contribution in [3.63, 3.8) is 0 Å². The number of hydrogen-bond acceptors (Lipinski definition) is 4. The van der Waals surface area contributed by atoms with Crippen LogP contribution in [0, 0.1) is 0 Å². The Morgan fingerprint density at radius 1 is 1.32 bits per heavy atom. The Balaban J connectivity index is 4.33. The quantitative estimate of drug-likeness (QED) is 0.503. The molecule has 0 saturated carbocycles. The van der Waals surface area contributed by atoms with Crippen LogP contribution in [0.3, 0.4) is 0 Å². The summed E-state index contributed by atoms with van der Waals surface area (Å²) in [5, 5.41) is 13.5. The molecule has 0 aromatic carbocycles. The molecule has 0 heterocycles. The summed E-state index contributed by atoms with van der Waals surface area (Å²) in [4.78, 5) is 22.2. The van der Waals surface area contributed by atoms with E-state index in [2.05, 4.69) is 15.4 Å². The third kappa shape index (κ3) is 8.38. The number of urea groups is 1. The van der Waals surface area contributed by atoms with Gasteiger partial charge in [-0.2, -0.15) is 0 Å². The van der Waals surface area contributed by atoms with Gasteiger partial charge in [-0.05, 0) is 20.3 Å². The molecule has 0 bridgehead atoms. The predicted molar refractivity (Wildman–Crippen MR) is 70.3 cm³/mol. The molecule has 0 aliphatic heterocycles. The van der Waals surface area contributed by atoms with Crippen molar-refractivity contribution >= 4 is 22.0 Å². The highest BCUT2D eigenvalue weighted by Crippen LogP contribution is 2.01. The van der Waals surface area contributed by atoms with Crippen LogP contribution in [0.25, 0.3) is 0 Å². The van der Waals surface area contributed by atoms with E-state index in [0.29, 0.717) is 0 Å². The fourth-order valence-electron chi connectivity index (χ4n) is 1.39. The van der Waals surface area contributed by atoms with E-state index in [9.17, 15) is 18.0 Å². The van der Waals surface area contributed by atoms with E-state index in [1.165, 1.54) is 0 Å². The van der Waals surface area contributed by atoms with Crippen LogP contribution in [0.5, 0.6) is 0 Å². The molecule has 9 heteroatoms. The van der Waals surface area contributed by atoms with Crippen molar-refractivity contribution in [2.45, 2.75) is 38.8 Å². The topological polar surface area (TPSA) is 125 Å². The van der Waals surface area contributed by atoms with E-state index < -0.39 is 33.6 Å². The molecular formula is C10H21N3O5S. The average Bonchev–Trinajstić information content (AvgIpc) is 2.19. The maximum Gasteiger partial charge on any atom is 0.326 e. The van der Waals surface area contributed by atoms with Gasteiger partial charge in [0.1, 0.15) is 6.04 Å². The summed E-state index contributed by atoms with van der Waals surface area (Å²) >= 11 is 0. The van der Waals surface area contributed by atoms with Crippen molar-refractivity contribution in [3.05, 3.63) is 0 Å². The summed E-state index contributed by atoms with van der Waals surface area (Å²) in [6.45, 7) is 4.86. The number of carboxylic acids is 1. The lowest BCUT2D eigenvalue weighted by atomic mass is 10.1. The van der Waals surface area contributed by atoms with Gasteiger partial charge in [-0.3, -0.25) is 0 Å². The number of amides is 2. The summed E-state index contributed by atoms with van der Waals surface area (Å²) in [5.74, 6) is -1.12. The lowest BCUT2D eigenvalue weighted by molar-refractivity contribution is -0.139. The number of carbonyl (C=O) groups is 2. The Morgan fingerprint density at radius 2 is 1.84 bits per heavy atom. The zero-order valence-corrected chi connectivity index (χ0v) is 12.3. The van der Waals surface area contributed by atoms with E-state index in [0.717, 1.165) is 6.26 Å². The molecule has 112 valence electrons. The van der Waals surface area contributed by atoms with E-state index in [1.807, 2.05) is 0 Å². The monoisotopic (exact) mass is 295 g/mol. The molecule has 1 atom stereocenters. The molecule has 2 amide bonds. The number of hydrogen-bond donors (Lipinski definition) is 4. The highest BCUT2D eigenvalue weighted by Gasteiger charge is 2.24. The first kappa shape index (κ1) is 17.6. The average molecular weight is 295 g/mol. The maximum atomic E-state index is 11.5. The van der Waals surface area contributed by atoms with E-state index in [1.54, 1.807) is 20.8 Å². The van der Waals surface area contributed by atoms with Crippen LogP contribution in [0.15, 0.2) is 0 Å². The lowest BCUT2D eigenvalue weighted by Crippen LogP contribution is -2.54. The number of sulfonamides is 1. The summed E-state index contributed by atoms with van der Waals surface area (Å²) in [6.07, 6.45) is 1.28. The van der Waals surface area contributed by atoms with Gasteiger partial charge in [0.2, 0.25) is 10.0 Å². The largest absolute Gasteiger partial charge is 0.480 e. The van der Waals surface area contributed by atoms with Crippen molar-refractivity contribution in [2.75, 3.05) is 12.8 Å². The van der Waals surface area contributed by atoms with Crippen molar-refractivity contribution < 1.29 is 23.1 Å². The van der Waals surface area contributed by atoms with Crippen LogP contribution in [-0.4, -0.2) is 49.9 Å². The maximum absolute atomic E-state index is 11.5. The molecule has 8 nitrogen and oxygen atoms in total. The minimum absolute atomic E-state index is 0.0297. The van der Waals surface area contributed by atoms with Crippen molar-refractivity contribution in [1.82, 2.24) is 15.4 Å². The molecule has 0 aromatic rings. The molecule has 0 saturated heterocycles. The zero-order chi connectivity index (χ0) is 15.3. The standard InChI is InChI=1S/C10H21N3O5S/c1-5-7(8(14)15)12-9(16)11-6-10(2,3)13-19(4,17)18/h7,13H,5-6H2,1-4H3,(H,14,15)(H2,11,12,16)/t7-/m1/s1. The van der Waals surface area contributed by atoms with Gasteiger partial charge in [0.25, 0.3) is 0 Å². The fraction of sp³-hybridized carbons (Fsp3) is 0.800. The number of nitrogens with one attached hydrogen (secondary N) is 3. The molecule has 4 N–H and O–H groups in total. The Hall–Kier alpha value is -1.35. The van der Waals surface area contributed by atoms with Gasteiger partial charge < -0.3 is 15.7 Å². The van der Waals surface area contributed by atoms with Gasteiger partial charge >= 0.3 is 12.0 Å². The van der Waals surface area contributed by atoms with Crippen LogP contribution in [-0.2, 0) is 14.8 Å². The Morgan fingerprint density at radius 3 is 2.21 bits per heavy atom. The normalized spacial score (nSPS) is 13.7. The second kappa shape index (κ2) is 6.71. The predicted octanol–water partition coefficient (Wildman–Crippen LogP) is -0.523. The first-order chi connectivity index (χ1) is 8.47. The number of carboxylic acid groups (broad SMARTS) is 1. The molecule has 0 fully saturated rings. The summed E-state index contributed by atoms with van der Waals surface area (Å²) < 4.78 is 24.5. The van der Waals surface area contributed by atoms with Crippen molar-refractivity contribution in [3.8, 4) is 0 Å². The zero-order valence-electron chi connectivity index (χ0n) is 11.5. The van der Waals surface area contributed by atoms with Gasteiger partial charge in [-0.25, -0.2) is 22.7 Å². The number of rotatable bonds is 7. The van der Waals surface area contributed by atoms with Crippen LogP contribution < -0.4 is 15.4 Å².